The van der Waals surface area contributed by atoms with Crippen LogP contribution in [0.3, 0.4) is 0 Å². The summed E-state index contributed by atoms with van der Waals surface area (Å²) in [5.41, 5.74) is -0.0338. The van der Waals surface area contributed by atoms with Crippen LogP contribution in [0.25, 0.3) is 0 Å². The quantitative estimate of drug-likeness (QED) is 0.783. The van der Waals surface area contributed by atoms with Crippen LogP contribution in [-0.2, 0) is 4.79 Å². The third-order valence-electron chi connectivity index (χ3n) is 8.34. The molecule has 124 valence electrons. The Hall–Kier alpha value is -0.410. The highest BCUT2D eigenvalue weighted by Crippen LogP contribution is 2.65. The molecule has 3 heteroatoms. The van der Waals surface area contributed by atoms with E-state index in [1.165, 1.54) is 6.42 Å². The molecule has 0 radical (unpaired) electrons. The molecular weight excluding hydrogens is 276 g/mol. The van der Waals surface area contributed by atoms with E-state index >= 15 is 0 Å². The minimum atomic E-state index is -0.164. The zero-order valence-corrected chi connectivity index (χ0v) is 13.8. The van der Waals surface area contributed by atoms with Gasteiger partial charge in [0.15, 0.2) is 0 Å². The average Bonchev–Trinajstić information content (AvgIpc) is 2.82. The molecule has 22 heavy (non-hydrogen) atoms. The van der Waals surface area contributed by atoms with Gasteiger partial charge in [-0.1, -0.05) is 6.92 Å². The lowest BCUT2D eigenvalue weighted by Crippen LogP contribution is -2.56. The zero-order valence-electron chi connectivity index (χ0n) is 13.8. The molecule has 0 heterocycles. The Labute approximate surface area is 133 Å². The molecule has 2 N–H and O–H groups in total. The normalized spacial score (nSPS) is 54.5. The van der Waals surface area contributed by atoms with Gasteiger partial charge >= 0.3 is 0 Å². The number of hydrogen-bond acceptors (Lipinski definition) is 3. The molecule has 0 unspecified atom stereocenters. The molecule has 4 aliphatic carbocycles. The number of rotatable bonds is 1. The van der Waals surface area contributed by atoms with Crippen molar-refractivity contribution in [1.29, 1.82) is 0 Å². The predicted octanol–water partition coefficient (Wildman–Crippen LogP) is 2.93. The maximum atomic E-state index is 12.4. The predicted molar refractivity (Wildman–Crippen MR) is 84.2 cm³/mol. The second-order valence-electron chi connectivity index (χ2n) is 8.89. The molecular formula is C19H30O3. The molecule has 0 aromatic carbocycles. The number of aliphatic hydroxyl groups excluding tert-OH is 2. The second-order valence-corrected chi connectivity index (χ2v) is 8.89. The first-order chi connectivity index (χ1) is 10.5. The highest BCUT2D eigenvalue weighted by Gasteiger charge is 2.61. The molecule has 0 aromatic heterocycles. The van der Waals surface area contributed by atoms with Crippen LogP contribution in [0, 0.1) is 34.5 Å². The first kappa shape index (κ1) is 15.1. The molecule has 4 saturated carbocycles. The number of fused-ring (bicyclic) bond motifs is 5. The van der Waals surface area contributed by atoms with E-state index in [0.717, 1.165) is 51.4 Å². The van der Waals surface area contributed by atoms with Gasteiger partial charge in [0.25, 0.3) is 0 Å². The third kappa shape index (κ3) is 1.84. The number of hydrogen-bond donors (Lipinski definition) is 2. The van der Waals surface area contributed by atoms with Gasteiger partial charge in [-0.15, -0.1) is 0 Å². The van der Waals surface area contributed by atoms with E-state index in [4.69, 9.17) is 0 Å². The standard InChI is InChI=1S/C19H30O3/c1-18-8-7-16-14(15(18)4-5-17(18)22)3-2-12-10-13(21)6-9-19(12,16)11-20/h12-16,20-21H,2-11H2,1H3/t12-,13+,14-,15-,16-,18-,19+/m0/s1. The lowest BCUT2D eigenvalue weighted by Gasteiger charge is -2.60. The summed E-state index contributed by atoms with van der Waals surface area (Å²) >= 11 is 0. The average molecular weight is 306 g/mol. The molecule has 4 aliphatic rings. The minimum absolute atomic E-state index is 0.0368. The summed E-state index contributed by atoms with van der Waals surface area (Å²) in [6.45, 7) is 2.49. The molecule has 3 nitrogen and oxygen atoms in total. The molecule has 0 amide bonds. The molecule has 0 aromatic rings. The van der Waals surface area contributed by atoms with Crippen LogP contribution in [0.4, 0.5) is 0 Å². The van der Waals surface area contributed by atoms with E-state index in [0.29, 0.717) is 29.5 Å². The molecule has 4 rings (SSSR count). The zero-order chi connectivity index (χ0) is 15.5. The molecule has 7 atom stereocenters. The fourth-order valence-corrected chi connectivity index (χ4v) is 7.11. The maximum Gasteiger partial charge on any atom is 0.139 e. The van der Waals surface area contributed by atoms with Crippen molar-refractivity contribution < 1.29 is 15.0 Å². The third-order valence-corrected chi connectivity index (χ3v) is 8.34. The summed E-state index contributed by atoms with van der Waals surface area (Å²) in [5.74, 6) is 2.74. The van der Waals surface area contributed by atoms with Crippen molar-refractivity contribution in [2.24, 2.45) is 34.5 Å². The van der Waals surface area contributed by atoms with Crippen LogP contribution in [0.2, 0.25) is 0 Å². The fraction of sp³-hybridized carbons (Fsp3) is 0.947. The lowest BCUT2D eigenvalue weighted by atomic mass is 9.45. The van der Waals surface area contributed by atoms with E-state index in [-0.39, 0.29) is 23.5 Å². The molecule has 4 fully saturated rings. The van der Waals surface area contributed by atoms with Gasteiger partial charge in [-0.05, 0) is 80.5 Å². The van der Waals surface area contributed by atoms with Gasteiger partial charge in [0.1, 0.15) is 5.78 Å². The van der Waals surface area contributed by atoms with Crippen LogP contribution in [-0.4, -0.2) is 28.7 Å². The van der Waals surface area contributed by atoms with Gasteiger partial charge in [0.2, 0.25) is 0 Å². The first-order valence-electron chi connectivity index (χ1n) is 9.33. The number of carbonyl (C=O) groups is 1. The number of ketones is 1. The van der Waals surface area contributed by atoms with E-state index < -0.39 is 0 Å². The van der Waals surface area contributed by atoms with Crippen LogP contribution in [0.5, 0.6) is 0 Å². The molecule has 0 bridgehead atoms. The first-order valence-corrected chi connectivity index (χ1v) is 9.33. The fourth-order valence-electron chi connectivity index (χ4n) is 7.11. The summed E-state index contributed by atoms with van der Waals surface area (Å²) in [7, 11) is 0. The van der Waals surface area contributed by atoms with Crippen molar-refractivity contribution in [2.45, 2.75) is 70.8 Å². The van der Waals surface area contributed by atoms with Crippen molar-refractivity contribution in [1.82, 2.24) is 0 Å². The topological polar surface area (TPSA) is 57.5 Å². The Morgan fingerprint density at radius 2 is 1.91 bits per heavy atom. The molecule has 0 aliphatic heterocycles. The largest absolute Gasteiger partial charge is 0.396 e. The monoisotopic (exact) mass is 306 g/mol. The summed E-state index contributed by atoms with van der Waals surface area (Å²) < 4.78 is 0. The van der Waals surface area contributed by atoms with Gasteiger partial charge in [-0.2, -0.15) is 0 Å². The Morgan fingerprint density at radius 3 is 2.68 bits per heavy atom. The highest BCUT2D eigenvalue weighted by atomic mass is 16.3. The second kappa shape index (κ2) is 5.04. The summed E-state index contributed by atoms with van der Waals surface area (Å²) in [4.78, 5) is 12.4. The van der Waals surface area contributed by atoms with Gasteiger partial charge in [-0.25, -0.2) is 0 Å². The van der Waals surface area contributed by atoms with E-state index in [1.54, 1.807) is 0 Å². The van der Waals surface area contributed by atoms with Crippen molar-refractivity contribution in [3.63, 3.8) is 0 Å². The Balaban J connectivity index is 1.66. The van der Waals surface area contributed by atoms with Gasteiger partial charge in [0, 0.05) is 18.4 Å². The Morgan fingerprint density at radius 1 is 1.09 bits per heavy atom. The maximum absolute atomic E-state index is 12.4. The summed E-state index contributed by atoms with van der Waals surface area (Å²) in [5, 5.41) is 20.4. The summed E-state index contributed by atoms with van der Waals surface area (Å²) in [6.07, 6.45) is 8.87. The van der Waals surface area contributed by atoms with Crippen molar-refractivity contribution >= 4 is 5.78 Å². The van der Waals surface area contributed by atoms with Crippen LogP contribution in [0.15, 0.2) is 0 Å². The van der Waals surface area contributed by atoms with Crippen LogP contribution in [0.1, 0.15) is 64.7 Å². The van der Waals surface area contributed by atoms with Crippen molar-refractivity contribution in [3.8, 4) is 0 Å². The van der Waals surface area contributed by atoms with Crippen LogP contribution < -0.4 is 0 Å². The van der Waals surface area contributed by atoms with Crippen molar-refractivity contribution in [3.05, 3.63) is 0 Å². The van der Waals surface area contributed by atoms with Gasteiger partial charge in [0.05, 0.1) is 6.10 Å². The number of carbonyl (C=O) groups excluding carboxylic acids is 1. The highest BCUT2D eigenvalue weighted by molar-refractivity contribution is 5.87. The molecule has 0 saturated heterocycles. The number of aliphatic hydroxyl groups is 2. The SMILES string of the molecule is C[C@]12CC[C@H]3[C@@H](CC[C@H]4C[C@H](O)CC[C@@]43CO)[C@@H]1CCC2=O. The number of Topliss-reactive ketones (excluding diaryl/α,β-unsaturated/α-hetero) is 1. The van der Waals surface area contributed by atoms with Crippen molar-refractivity contribution in [2.75, 3.05) is 6.61 Å². The van der Waals surface area contributed by atoms with Gasteiger partial charge < -0.3 is 10.2 Å². The van der Waals surface area contributed by atoms with E-state index in [1.807, 2.05) is 0 Å². The van der Waals surface area contributed by atoms with E-state index in [2.05, 4.69) is 6.92 Å². The summed E-state index contributed by atoms with van der Waals surface area (Å²) in [6, 6.07) is 0. The van der Waals surface area contributed by atoms with Gasteiger partial charge in [-0.3, -0.25) is 4.79 Å². The van der Waals surface area contributed by atoms with E-state index in [9.17, 15) is 15.0 Å². The molecule has 0 spiro atoms. The minimum Gasteiger partial charge on any atom is -0.396 e. The van der Waals surface area contributed by atoms with Crippen LogP contribution >= 0.6 is 0 Å². The lowest BCUT2D eigenvalue weighted by molar-refractivity contribution is -0.156. The smallest absolute Gasteiger partial charge is 0.139 e. The Bertz CT molecular complexity index is 475. The Kier molecular flexibility index (Phi) is 3.47.